The van der Waals surface area contributed by atoms with Crippen molar-refractivity contribution in [2.24, 2.45) is 0 Å². The summed E-state index contributed by atoms with van der Waals surface area (Å²) < 4.78 is 0.866. The fourth-order valence-electron chi connectivity index (χ4n) is 2.02. The third-order valence-corrected chi connectivity index (χ3v) is 2.97. The van der Waals surface area contributed by atoms with E-state index in [1.165, 1.54) is 6.92 Å². The van der Waals surface area contributed by atoms with Gasteiger partial charge in [0, 0.05) is 12.6 Å². The van der Waals surface area contributed by atoms with E-state index < -0.39 is 0 Å². The molecule has 1 aromatic carbocycles. The molecule has 100 valence electrons. The predicted molar refractivity (Wildman–Crippen MR) is 73.8 cm³/mol. The number of anilines is 1. The Morgan fingerprint density at radius 1 is 1.42 bits per heavy atom. The van der Waals surface area contributed by atoms with Gasteiger partial charge in [-0.1, -0.05) is 13.8 Å². The minimum atomic E-state index is -0.140. The van der Waals surface area contributed by atoms with Gasteiger partial charge in [-0.2, -0.15) is 0 Å². The molecule has 19 heavy (non-hydrogen) atoms. The van der Waals surface area contributed by atoms with Crippen molar-refractivity contribution in [3.8, 4) is 0 Å². The largest absolute Gasteiger partial charge is 0.711 e. The highest BCUT2D eigenvalue weighted by atomic mass is 16.5. The van der Waals surface area contributed by atoms with E-state index in [4.69, 9.17) is 0 Å². The molecule has 0 radical (unpaired) electrons. The van der Waals surface area contributed by atoms with Crippen molar-refractivity contribution in [2.75, 3.05) is 5.32 Å². The Bertz CT molecular complexity index is 651. The van der Waals surface area contributed by atoms with Gasteiger partial charge >= 0.3 is 5.82 Å². The van der Waals surface area contributed by atoms with Crippen molar-refractivity contribution in [1.82, 2.24) is 4.98 Å². The number of carbonyl (C=O) groups is 1. The van der Waals surface area contributed by atoms with Gasteiger partial charge in [-0.25, -0.2) is 4.73 Å². The first-order chi connectivity index (χ1) is 8.90. The maximum Gasteiger partial charge on any atom is 0.304 e. The maximum atomic E-state index is 12.1. The van der Waals surface area contributed by atoms with Gasteiger partial charge in [-0.15, -0.1) is 0 Å². The molecule has 0 aliphatic rings. The number of nitrogens with one attached hydrogen (secondary N) is 1. The summed E-state index contributed by atoms with van der Waals surface area (Å²) in [5.41, 5.74) is 2.03. The number of carbonyl (C=O) groups excluding carboxylic acids is 1. The van der Waals surface area contributed by atoms with Crippen LogP contribution in [0.1, 0.15) is 38.2 Å². The topological polar surface area (TPSA) is 68.9 Å². The minimum absolute atomic E-state index is 0.0654. The second-order valence-corrected chi connectivity index (χ2v) is 4.92. The lowest BCUT2D eigenvalue weighted by atomic mass is 10.1. The first-order valence-electron chi connectivity index (χ1n) is 6.21. The third-order valence-electron chi connectivity index (χ3n) is 2.97. The zero-order valence-corrected chi connectivity index (χ0v) is 11.5. The van der Waals surface area contributed by atoms with E-state index in [9.17, 15) is 10.0 Å². The average molecular weight is 259 g/mol. The molecule has 1 heterocycles. The molecule has 0 aliphatic carbocycles. The molecular weight excluding hydrogens is 242 g/mol. The molecule has 2 aromatic rings. The van der Waals surface area contributed by atoms with Crippen LogP contribution < -0.4 is 10.0 Å². The fraction of sp³-hybridized carbons (Fsp3) is 0.357. The summed E-state index contributed by atoms with van der Waals surface area (Å²) in [5.74, 6) is 0.437. The van der Waals surface area contributed by atoms with Crippen LogP contribution >= 0.6 is 0 Å². The Hall–Kier alpha value is -2.17. The lowest BCUT2D eigenvalue weighted by Crippen LogP contribution is -2.37. The number of aryl methyl sites for hydroxylation is 1. The predicted octanol–water partition coefficient (Wildman–Crippen LogP) is 2.26. The Morgan fingerprint density at radius 3 is 2.68 bits per heavy atom. The van der Waals surface area contributed by atoms with Crippen LogP contribution in [-0.2, 0) is 4.79 Å². The number of rotatable bonds is 2. The van der Waals surface area contributed by atoms with E-state index in [-0.39, 0.29) is 11.8 Å². The highest BCUT2D eigenvalue weighted by Crippen LogP contribution is 2.21. The minimum Gasteiger partial charge on any atom is -0.711 e. The SMILES string of the molecule is CC(=O)Nc1ccc2nc(C(C)C)[n+]([O-])c(C)c2c1. The van der Waals surface area contributed by atoms with E-state index in [0.717, 1.165) is 15.6 Å². The Labute approximate surface area is 111 Å². The van der Waals surface area contributed by atoms with E-state index >= 15 is 0 Å². The van der Waals surface area contributed by atoms with Gasteiger partial charge in [0.25, 0.3) is 0 Å². The van der Waals surface area contributed by atoms with Gasteiger partial charge in [-0.3, -0.25) is 4.79 Å². The molecule has 1 aromatic heterocycles. The molecule has 0 spiro atoms. The molecule has 2 rings (SSSR count). The molecule has 0 aliphatic heterocycles. The van der Waals surface area contributed by atoms with Crippen LogP contribution in [0.3, 0.4) is 0 Å². The molecule has 0 saturated carbocycles. The van der Waals surface area contributed by atoms with Crippen molar-refractivity contribution in [1.29, 1.82) is 0 Å². The van der Waals surface area contributed by atoms with Gasteiger partial charge in [0.15, 0.2) is 5.52 Å². The molecular formula is C14H17N3O2. The summed E-state index contributed by atoms with van der Waals surface area (Å²) in [6.07, 6.45) is 0. The summed E-state index contributed by atoms with van der Waals surface area (Å²) in [4.78, 5) is 15.4. The Kier molecular flexibility index (Phi) is 3.38. The first kappa shape index (κ1) is 13.3. The van der Waals surface area contributed by atoms with Crippen molar-refractivity contribution >= 4 is 22.5 Å². The Balaban J connectivity index is 2.64. The second-order valence-electron chi connectivity index (χ2n) is 4.92. The summed E-state index contributed by atoms with van der Waals surface area (Å²) in [5, 5.41) is 15.6. The number of hydrogen-bond donors (Lipinski definition) is 1. The van der Waals surface area contributed by atoms with Crippen LogP contribution in [0.15, 0.2) is 18.2 Å². The lowest BCUT2D eigenvalue weighted by molar-refractivity contribution is -0.623. The van der Waals surface area contributed by atoms with Crippen LogP contribution in [-0.4, -0.2) is 10.9 Å². The van der Waals surface area contributed by atoms with E-state index in [0.29, 0.717) is 17.2 Å². The van der Waals surface area contributed by atoms with Crippen LogP contribution in [0.2, 0.25) is 0 Å². The smallest absolute Gasteiger partial charge is 0.304 e. The molecule has 5 nitrogen and oxygen atoms in total. The quantitative estimate of drug-likeness (QED) is 0.664. The number of fused-ring (bicyclic) bond motifs is 1. The summed E-state index contributed by atoms with van der Waals surface area (Å²) >= 11 is 0. The number of nitrogens with zero attached hydrogens (tertiary/aromatic N) is 2. The molecule has 5 heteroatoms. The molecule has 0 bridgehead atoms. The number of aromatic nitrogens is 2. The summed E-state index contributed by atoms with van der Waals surface area (Å²) in [7, 11) is 0. The fourth-order valence-corrected chi connectivity index (χ4v) is 2.02. The van der Waals surface area contributed by atoms with Crippen molar-refractivity contribution < 1.29 is 9.52 Å². The van der Waals surface area contributed by atoms with E-state index in [1.807, 2.05) is 19.9 Å². The zero-order valence-electron chi connectivity index (χ0n) is 11.5. The zero-order chi connectivity index (χ0) is 14.2. The van der Waals surface area contributed by atoms with E-state index in [1.54, 1.807) is 19.1 Å². The van der Waals surface area contributed by atoms with Gasteiger partial charge < -0.3 is 10.5 Å². The Morgan fingerprint density at radius 2 is 2.11 bits per heavy atom. The average Bonchev–Trinajstić information content (AvgIpc) is 2.33. The van der Waals surface area contributed by atoms with Crippen LogP contribution in [0.5, 0.6) is 0 Å². The van der Waals surface area contributed by atoms with Crippen molar-refractivity contribution in [3.63, 3.8) is 0 Å². The summed E-state index contributed by atoms with van der Waals surface area (Å²) in [6, 6.07) is 5.38. The first-order valence-corrected chi connectivity index (χ1v) is 6.21. The standard InChI is InChI=1S/C14H17N3O2/c1-8(2)14-16-13-6-5-11(15-10(4)18)7-12(13)9(3)17(14)19/h5-8H,1-4H3,(H,15,18). The van der Waals surface area contributed by atoms with Gasteiger partial charge in [0.05, 0.1) is 11.3 Å². The third kappa shape index (κ3) is 2.50. The van der Waals surface area contributed by atoms with Crippen molar-refractivity contribution in [3.05, 3.63) is 34.9 Å². The second kappa shape index (κ2) is 4.84. The molecule has 0 unspecified atom stereocenters. The normalized spacial score (nSPS) is 11.0. The van der Waals surface area contributed by atoms with Crippen molar-refractivity contribution in [2.45, 2.75) is 33.6 Å². The molecule has 0 fully saturated rings. The van der Waals surface area contributed by atoms with Gasteiger partial charge in [0.2, 0.25) is 5.91 Å². The lowest BCUT2D eigenvalue weighted by Gasteiger charge is -2.13. The molecule has 1 N–H and O–H groups in total. The van der Waals surface area contributed by atoms with Crippen LogP contribution in [0.25, 0.3) is 10.9 Å². The molecule has 1 amide bonds. The molecule has 0 atom stereocenters. The number of benzene rings is 1. The maximum absolute atomic E-state index is 12.1. The molecule has 0 saturated heterocycles. The van der Waals surface area contributed by atoms with Crippen LogP contribution in [0, 0.1) is 12.1 Å². The van der Waals surface area contributed by atoms with E-state index in [2.05, 4.69) is 10.3 Å². The summed E-state index contributed by atoms with van der Waals surface area (Å²) in [6.45, 7) is 7.09. The van der Waals surface area contributed by atoms with Gasteiger partial charge in [0.1, 0.15) is 5.69 Å². The highest BCUT2D eigenvalue weighted by Gasteiger charge is 2.18. The van der Waals surface area contributed by atoms with Crippen LogP contribution in [0.4, 0.5) is 5.69 Å². The number of hydrogen-bond acceptors (Lipinski definition) is 3. The monoisotopic (exact) mass is 259 g/mol. The highest BCUT2D eigenvalue weighted by molar-refractivity contribution is 5.92. The van der Waals surface area contributed by atoms with Gasteiger partial charge in [-0.05, 0) is 30.1 Å². The number of amides is 1.